The third-order valence-corrected chi connectivity index (χ3v) is 6.91. The highest BCUT2D eigenvalue weighted by molar-refractivity contribution is 7.07. The van der Waals surface area contributed by atoms with Gasteiger partial charge in [0.05, 0.1) is 0 Å². The van der Waals surface area contributed by atoms with Crippen molar-refractivity contribution >= 4 is 17.3 Å². The molecule has 0 unspecified atom stereocenters. The van der Waals surface area contributed by atoms with E-state index in [2.05, 4.69) is 39.3 Å². The van der Waals surface area contributed by atoms with E-state index in [0.29, 0.717) is 6.04 Å². The molecule has 4 nitrogen and oxygen atoms in total. The van der Waals surface area contributed by atoms with Gasteiger partial charge in [-0.25, -0.2) is 0 Å². The highest BCUT2D eigenvalue weighted by atomic mass is 32.1. The second-order valence-electron chi connectivity index (χ2n) is 8.38. The molecule has 0 radical (unpaired) electrons. The lowest BCUT2D eigenvalue weighted by Crippen LogP contribution is -2.48. The quantitative estimate of drug-likeness (QED) is 0.538. The Labute approximate surface area is 162 Å². The van der Waals surface area contributed by atoms with Gasteiger partial charge in [0, 0.05) is 38.8 Å². The molecular weight excluding hydrogens is 340 g/mol. The van der Waals surface area contributed by atoms with E-state index in [4.69, 9.17) is 4.99 Å². The molecule has 5 heteroatoms. The van der Waals surface area contributed by atoms with Crippen LogP contribution in [-0.4, -0.2) is 43.1 Å². The fourth-order valence-corrected chi connectivity index (χ4v) is 4.98. The largest absolute Gasteiger partial charge is 0.357 e. The third-order valence-electron chi connectivity index (χ3n) is 6.17. The van der Waals surface area contributed by atoms with E-state index in [-0.39, 0.29) is 0 Å². The first-order valence-electron chi connectivity index (χ1n) is 10.6. The van der Waals surface area contributed by atoms with Gasteiger partial charge in [0.15, 0.2) is 5.96 Å². The molecule has 1 saturated heterocycles. The summed E-state index contributed by atoms with van der Waals surface area (Å²) in [6.07, 6.45) is 8.21. The molecule has 0 atom stereocenters. The molecule has 144 valence electrons. The van der Waals surface area contributed by atoms with Crippen molar-refractivity contribution in [2.45, 2.75) is 58.0 Å². The summed E-state index contributed by atoms with van der Waals surface area (Å²) >= 11 is 1.80. The Morgan fingerprint density at radius 2 is 1.92 bits per heavy atom. The first-order valence-corrected chi connectivity index (χ1v) is 11.5. The first kappa shape index (κ1) is 18.3. The number of guanidine groups is 1. The third kappa shape index (κ3) is 5.23. The van der Waals surface area contributed by atoms with Gasteiger partial charge in [-0.1, -0.05) is 0 Å². The standard InChI is InChI=1S/C21H34N4S/c1-2-22-21(23-13-20(17-3-4-17)18-5-6-18)24-19-7-10-25(11-8-19)14-16-9-12-26-15-16/h9,12,15,17-20H,2-8,10-11,13-14H2,1H3,(H2,22,23,24). The molecule has 2 N–H and O–H groups in total. The fraction of sp³-hybridized carbons (Fsp3) is 0.762. The number of thiophene rings is 1. The first-order chi connectivity index (χ1) is 12.8. The molecule has 3 aliphatic rings. The van der Waals surface area contributed by atoms with Crippen LogP contribution >= 0.6 is 11.3 Å². The zero-order valence-electron chi connectivity index (χ0n) is 16.1. The second-order valence-corrected chi connectivity index (χ2v) is 9.16. The normalized spacial score (nSPS) is 22.8. The van der Waals surface area contributed by atoms with Crippen LogP contribution in [0.3, 0.4) is 0 Å². The number of piperidine rings is 1. The average molecular weight is 375 g/mol. The Kier molecular flexibility index (Phi) is 6.16. The summed E-state index contributed by atoms with van der Waals surface area (Å²) in [6, 6.07) is 2.81. The summed E-state index contributed by atoms with van der Waals surface area (Å²) in [5.74, 6) is 3.87. The van der Waals surface area contributed by atoms with Gasteiger partial charge in [-0.05, 0) is 85.6 Å². The number of rotatable bonds is 8. The summed E-state index contributed by atoms with van der Waals surface area (Å²) in [7, 11) is 0. The Hall–Kier alpha value is -1.07. The zero-order valence-corrected chi connectivity index (χ0v) is 16.9. The number of hydrogen-bond acceptors (Lipinski definition) is 3. The molecule has 1 aromatic rings. The summed E-state index contributed by atoms with van der Waals surface area (Å²) in [5, 5.41) is 11.7. The van der Waals surface area contributed by atoms with E-state index in [1.807, 2.05) is 0 Å². The van der Waals surface area contributed by atoms with Crippen LogP contribution in [0.15, 0.2) is 21.8 Å². The zero-order chi connectivity index (χ0) is 17.8. The van der Waals surface area contributed by atoms with E-state index in [9.17, 15) is 0 Å². The van der Waals surface area contributed by atoms with Crippen LogP contribution in [0.2, 0.25) is 0 Å². The Balaban J connectivity index is 1.24. The monoisotopic (exact) mass is 374 g/mol. The van der Waals surface area contributed by atoms with Gasteiger partial charge in [0.25, 0.3) is 0 Å². The van der Waals surface area contributed by atoms with E-state index in [1.165, 1.54) is 57.2 Å². The molecule has 0 spiro atoms. The van der Waals surface area contributed by atoms with Crippen molar-refractivity contribution in [2.24, 2.45) is 22.7 Å². The lowest BCUT2D eigenvalue weighted by Gasteiger charge is -2.33. The van der Waals surface area contributed by atoms with Crippen LogP contribution in [-0.2, 0) is 6.54 Å². The summed E-state index contributed by atoms with van der Waals surface area (Å²) in [4.78, 5) is 7.58. The number of aliphatic imine (C=N–C) groups is 1. The van der Waals surface area contributed by atoms with Crippen molar-refractivity contribution < 1.29 is 0 Å². The molecule has 2 heterocycles. The molecular formula is C21H34N4S. The van der Waals surface area contributed by atoms with Crippen LogP contribution < -0.4 is 10.6 Å². The Bertz CT molecular complexity index is 557. The minimum atomic E-state index is 0.562. The Morgan fingerprint density at radius 3 is 2.50 bits per heavy atom. The number of nitrogens with zero attached hydrogens (tertiary/aromatic N) is 2. The van der Waals surface area contributed by atoms with Crippen LogP contribution in [0.1, 0.15) is 51.0 Å². The number of hydrogen-bond donors (Lipinski definition) is 2. The molecule has 26 heavy (non-hydrogen) atoms. The van der Waals surface area contributed by atoms with Crippen molar-refractivity contribution in [3.05, 3.63) is 22.4 Å². The smallest absolute Gasteiger partial charge is 0.191 e. The van der Waals surface area contributed by atoms with Crippen LogP contribution in [0.5, 0.6) is 0 Å². The highest BCUT2D eigenvalue weighted by Gasteiger charge is 2.41. The number of nitrogens with one attached hydrogen (secondary N) is 2. The minimum Gasteiger partial charge on any atom is -0.357 e. The SMILES string of the molecule is CCNC(=NCC(C1CC1)C1CC1)NC1CCN(Cc2ccsc2)CC1. The molecule has 0 aromatic carbocycles. The summed E-state index contributed by atoms with van der Waals surface area (Å²) in [5.41, 5.74) is 1.46. The maximum absolute atomic E-state index is 4.99. The van der Waals surface area contributed by atoms with Gasteiger partial charge in [-0.15, -0.1) is 0 Å². The predicted octanol–water partition coefficient (Wildman–Crippen LogP) is 3.70. The van der Waals surface area contributed by atoms with Gasteiger partial charge in [-0.2, -0.15) is 11.3 Å². The average Bonchev–Trinajstić information content (AvgIpc) is 3.58. The van der Waals surface area contributed by atoms with Crippen LogP contribution in [0, 0.1) is 17.8 Å². The van der Waals surface area contributed by atoms with Crippen LogP contribution in [0.25, 0.3) is 0 Å². The molecule has 2 saturated carbocycles. The van der Waals surface area contributed by atoms with E-state index in [0.717, 1.165) is 43.3 Å². The number of likely N-dealkylation sites (tertiary alicyclic amines) is 1. The van der Waals surface area contributed by atoms with Crippen LogP contribution in [0.4, 0.5) is 0 Å². The highest BCUT2D eigenvalue weighted by Crippen LogP contribution is 2.49. The van der Waals surface area contributed by atoms with Gasteiger partial charge >= 0.3 is 0 Å². The topological polar surface area (TPSA) is 39.7 Å². The van der Waals surface area contributed by atoms with Gasteiger partial charge in [-0.3, -0.25) is 9.89 Å². The van der Waals surface area contributed by atoms with Crippen molar-refractivity contribution in [1.29, 1.82) is 0 Å². The second kappa shape index (κ2) is 8.75. The minimum absolute atomic E-state index is 0.562. The fourth-order valence-electron chi connectivity index (χ4n) is 4.32. The van der Waals surface area contributed by atoms with Crippen molar-refractivity contribution in [2.75, 3.05) is 26.2 Å². The maximum atomic E-state index is 4.99. The van der Waals surface area contributed by atoms with Gasteiger partial charge in [0.2, 0.25) is 0 Å². The van der Waals surface area contributed by atoms with Gasteiger partial charge in [0.1, 0.15) is 0 Å². The lowest BCUT2D eigenvalue weighted by molar-refractivity contribution is 0.198. The molecule has 0 amide bonds. The van der Waals surface area contributed by atoms with E-state index in [1.54, 1.807) is 11.3 Å². The van der Waals surface area contributed by atoms with E-state index >= 15 is 0 Å². The van der Waals surface area contributed by atoms with Crippen molar-refractivity contribution in [3.63, 3.8) is 0 Å². The summed E-state index contributed by atoms with van der Waals surface area (Å²) < 4.78 is 0. The summed E-state index contributed by atoms with van der Waals surface area (Å²) in [6.45, 7) is 7.61. The van der Waals surface area contributed by atoms with Gasteiger partial charge < -0.3 is 10.6 Å². The molecule has 1 aliphatic heterocycles. The molecule has 3 fully saturated rings. The van der Waals surface area contributed by atoms with Crippen molar-refractivity contribution in [3.8, 4) is 0 Å². The Morgan fingerprint density at radius 1 is 1.19 bits per heavy atom. The lowest BCUT2D eigenvalue weighted by atomic mass is 9.98. The predicted molar refractivity (Wildman–Crippen MR) is 111 cm³/mol. The molecule has 0 bridgehead atoms. The van der Waals surface area contributed by atoms with Crippen molar-refractivity contribution in [1.82, 2.24) is 15.5 Å². The molecule has 4 rings (SSSR count). The molecule has 2 aliphatic carbocycles. The maximum Gasteiger partial charge on any atom is 0.191 e. The molecule has 1 aromatic heterocycles. The van der Waals surface area contributed by atoms with E-state index < -0.39 is 0 Å².